The number of amides is 1. The van der Waals surface area contributed by atoms with Gasteiger partial charge in [0.25, 0.3) is 0 Å². The summed E-state index contributed by atoms with van der Waals surface area (Å²) in [5, 5.41) is 9.27. The fourth-order valence-corrected chi connectivity index (χ4v) is 2.54. The van der Waals surface area contributed by atoms with E-state index in [4.69, 9.17) is 0 Å². The van der Waals surface area contributed by atoms with Crippen molar-refractivity contribution in [1.82, 2.24) is 4.90 Å². The smallest absolute Gasteiger partial charge is 0.471 e. The lowest BCUT2D eigenvalue weighted by molar-refractivity contribution is -0.186. The van der Waals surface area contributed by atoms with Crippen LogP contribution in [0, 0.1) is 0 Å². The molecule has 0 unspecified atom stereocenters. The Morgan fingerprint density at radius 3 is 2.15 bits per heavy atom. The number of carbonyl (C=O) groups is 1. The molecule has 0 saturated carbocycles. The number of halogens is 3. The predicted octanol–water partition coefficient (Wildman–Crippen LogP) is 2.83. The summed E-state index contributed by atoms with van der Waals surface area (Å²) in [6, 6.07) is 6.68. The second kappa shape index (κ2) is 5.00. The first-order valence-corrected chi connectivity index (χ1v) is 6.38. The van der Waals surface area contributed by atoms with E-state index in [0.29, 0.717) is 12.8 Å². The van der Waals surface area contributed by atoms with Gasteiger partial charge in [-0.3, -0.25) is 4.79 Å². The molecular formula is C14H16F3NO2. The van der Waals surface area contributed by atoms with Crippen molar-refractivity contribution in [3.05, 3.63) is 29.8 Å². The molecule has 1 heterocycles. The predicted molar refractivity (Wildman–Crippen MR) is 67.3 cm³/mol. The van der Waals surface area contributed by atoms with Gasteiger partial charge in [-0.05, 0) is 36.0 Å². The fraction of sp³-hybridized carbons (Fsp3) is 0.500. The van der Waals surface area contributed by atoms with E-state index < -0.39 is 12.1 Å². The lowest BCUT2D eigenvalue weighted by Crippen LogP contribution is -2.48. The van der Waals surface area contributed by atoms with E-state index in [-0.39, 0.29) is 24.3 Å². The molecule has 2 rings (SSSR count). The molecule has 20 heavy (non-hydrogen) atoms. The second-order valence-electron chi connectivity index (χ2n) is 5.40. The van der Waals surface area contributed by atoms with Gasteiger partial charge in [-0.25, -0.2) is 0 Å². The molecule has 0 aliphatic carbocycles. The van der Waals surface area contributed by atoms with E-state index in [0.717, 1.165) is 10.5 Å². The minimum atomic E-state index is -4.80. The highest BCUT2D eigenvalue weighted by molar-refractivity contribution is 5.82. The van der Waals surface area contributed by atoms with E-state index in [9.17, 15) is 23.1 Å². The quantitative estimate of drug-likeness (QED) is 0.863. The third-order valence-corrected chi connectivity index (χ3v) is 3.96. The number of hydrogen-bond donors (Lipinski definition) is 1. The lowest BCUT2D eigenvalue weighted by Gasteiger charge is -2.40. The highest BCUT2D eigenvalue weighted by Crippen LogP contribution is 2.36. The average molecular weight is 287 g/mol. The van der Waals surface area contributed by atoms with Crippen LogP contribution in [0.3, 0.4) is 0 Å². The zero-order chi connectivity index (χ0) is 15.0. The maximum absolute atomic E-state index is 12.4. The van der Waals surface area contributed by atoms with Crippen molar-refractivity contribution in [2.45, 2.75) is 31.4 Å². The first kappa shape index (κ1) is 14.7. The molecular weight excluding hydrogens is 271 g/mol. The van der Waals surface area contributed by atoms with Crippen LogP contribution in [0.1, 0.15) is 25.3 Å². The van der Waals surface area contributed by atoms with Crippen molar-refractivity contribution < 1.29 is 23.1 Å². The number of carbonyl (C=O) groups excluding carboxylic acids is 1. The van der Waals surface area contributed by atoms with Crippen LogP contribution in [-0.2, 0) is 10.2 Å². The van der Waals surface area contributed by atoms with Gasteiger partial charge in [-0.1, -0.05) is 19.1 Å². The van der Waals surface area contributed by atoms with Crippen molar-refractivity contribution in [3.8, 4) is 5.75 Å². The molecule has 3 nitrogen and oxygen atoms in total. The number of piperidine rings is 1. The average Bonchev–Trinajstić information content (AvgIpc) is 2.38. The van der Waals surface area contributed by atoms with Crippen LogP contribution >= 0.6 is 0 Å². The minimum absolute atomic E-state index is 0.0930. The Bertz CT molecular complexity index is 488. The molecule has 110 valence electrons. The van der Waals surface area contributed by atoms with Crippen LogP contribution < -0.4 is 0 Å². The van der Waals surface area contributed by atoms with Crippen LogP contribution in [0.2, 0.25) is 0 Å². The normalized spacial score (nSPS) is 18.9. The van der Waals surface area contributed by atoms with E-state index in [1.54, 1.807) is 24.3 Å². The molecule has 1 aliphatic heterocycles. The van der Waals surface area contributed by atoms with Crippen LogP contribution in [0.15, 0.2) is 24.3 Å². The van der Waals surface area contributed by atoms with Crippen molar-refractivity contribution >= 4 is 5.91 Å². The van der Waals surface area contributed by atoms with Gasteiger partial charge in [-0.15, -0.1) is 0 Å². The first-order valence-electron chi connectivity index (χ1n) is 6.38. The Kier molecular flexibility index (Phi) is 3.67. The monoisotopic (exact) mass is 287 g/mol. The zero-order valence-corrected chi connectivity index (χ0v) is 11.1. The zero-order valence-electron chi connectivity index (χ0n) is 11.1. The standard InChI is InChI=1S/C14H16F3NO2/c1-13(10-2-4-11(19)5-3-10)6-8-18(9-7-13)12(20)14(15,16)17/h2-5,19H,6-9H2,1H3. The number of nitrogens with zero attached hydrogens (tertiary/aromatic N) is 1. The molecule has 1 aromatic rings. The van der Waals surface area contributed by atoms with E-state index in [1.807, 2.05) is 6.92 Å². The van der Waals surface area contributed by atoms with Crippen molar-refractivity contribution in [2.24, 2.45) is 0 Å². The molecule has 0 aromatic heterocycles. The molecule has 1 saturated heterocycles. The van der Waals surface area contributed by atoms with Crippen LogP contribution in [0.25, 0.3) is 0 Å². The molecule has 6 heteroatoms. The summed E-state index contributed by atoms with van der Waals surface area (Å²) in [6.07, 6.45) is -3.86. The van der Waals surface area contributed by atoms with Gasteiger partial charge in [0, 0.05) is 13.1 Å². The Labute approximate surface area is 115 Å². The Balaban J connectivity index is 2.07. The largest absolute Gasteiger partial charge is 0.508 e. The molecule has 1 fully saturated rings. The Morgan fingerprint density at radius 1 is 1.20 bits per heavy atom. The number of phenolic OH excluding ortho intramolecular Hbond substituents is 1. The summed E-state index contributed by atoms with van der Waals surface area (Å²) in [4.78, 5) is 12.0. The Hall–Kier alpha value is -1.72. The molecule has 1 aliphatic rings. The first-order chi connectivity index (χ1) is 9.22. The third-order valence-electron chi connectivity index (χ3n) is 3.96. The van der Waals surface area contributed by atoms with Gasteiger partial charge in [0.05, 0.1) is 0 Å². The minimum Gasteiger partial charge on any atom is -0.508 e. The maximum atomic E-state index is 12.4. The highest BCUT2D eigenvalue weighted by atomic mass is 19.4. The third kappa shape index (κ3) is 2.89. The number of alkyl halides is 3. The highest BCUT2D eigenvalue weighted by Gasteiger charge is 2.44. The number of benzene rings is 1. The van der Waals surface area contributed by atoms with E-state index in [1.165, 1.54) is 0 Å². The topological polar surface area (TPSA) is 40.5 Å². The van der Waals surface area contributed by atoms with Crippen molar-refractivity contribution in [2.75, 3.05) is 13.1 Å². The molecule has 1 aromatic carbocycles. The number of hydrogen-bond acceptors (Lipinski definition) is 2. The summed E-state index contributed by atoms with van der Waals surface area (Å²) < 4.78 is 37.1. The summed E-state index contributed by atoms with van der Waals surface area (Å²) in [5.74, 6) is -1.60. The number of aromatic hydroxyl groups is 1. The molecule has 1 amide bonds. The van der Waals surface area contributed by atoms with Gasteiger partial charge >= 0.3 is 12.1 Å². The van der Waals surface area contributed by atoms with E-state index in [2.05, 4.69) is 0 Å². The van der Waals surface area contributed by atoms with Gasteiger partial charge in [0.2, 0.25) is 0 Å². The summed E-state index contributed by atoms with van der Waals surface area (Å²) in [7, 11) is 0. The Morgan fingerprint density at radius 2 is 1.70 bits per heavy atom. The lowest BCUT2D eigenvalue weighted by atomic mass is 9.74. The molecule has 0 atom stereocenters. The van der Waals surface area contributed by atoms with Gasteiger partial charge in [-0.2, -0.15) is 13.2 Å². The van der Waals surface area contributed by atoms with Crippen molar-refractivity contribution in [1.29, 1.82) is 0 Å². The van der Waals surface area contributed by atoms with E-state index >= 15 is 0 Å². The van der Waals surface area contributed by atoms with Gasteiger partial charge in [0.15, 0.2) is 0 Å². The number of phenols is 1. The van der Waals surface area contributed by atoms with Crippen molar-refractivity contribution in [3.63, 3.8) is 0 Å². The van der Waals surface area contributed by atoms with Gasteiger partial charge < -0.3 is 10.0 Å². The fourth-order valence-electron chi connectivity index (χ4n) is 2.54. The molecule has 0 radical (unpaired) electrons. The number of rotatable bonds is 1. The summed E-state index contributed by atoms with van der Waals surface area (Å²) in [5.41, 5.74) is 0.699. The number of likely N-dealkylation sites (tertiary alicyclic amines) is 1. The SMILES string of the molecule is CC1(c2ccc(O)cc2)CCN(C(=O)C(F)(F)F)CC1. The summed E-state index contributed by atoms with van der Waals surface area (Å²) >= 11 is 0. The second-order valence-corrected chi connectivity index (χ2v) is 5.40. The van der Waals surface area contributed by atoms with Crippen LogP contribution in [-0.4, -0.2) is 35.2 Å². The van der Waals surface area contributed by atoms with Crippen LogP contribution in [0.4, 0.5) is 13.2 Å². The maximum Gasteiger partial charge on any atom is 0.471 e. The molecule has 0 bridgehead atoms. The van der Waals surface area contributed by atoms with Gasteiger partial charge in [0.1, 0.15) is 5.75 Å². The van der Waals surface area contributed by atoms with Crippen LogP contribution in [0.5, 0.6) is 5.75 Å². The molecule has 1 N–H and O–H groups in total. The summed E-state index contributed by atoms with van der Waals surface area (Å²) in [6.45, 7) is 2.15. The molecule has 0 spiro atoms.